The van der Waals surface area contributed by atoms with Gasteiger partial charge in [-0.1, -0.05) is 71.9 Å². The number of hydrogen-bond acceptors (Lipinski definition) is 8. The van der Waals surface area contributed by atoms with E-state index in [0.29, 0.717) is 29.4 Å². The first kappa shape index (κ1) is 37.7. The molecule has 1 aromatic heterocycles. The fraction of sp³-hybridized carbons (Fsp3) is 0.472. The Kier molecular flexibility index (Phi) is 13.7. The number of benzene rings is 2. The molecular formula is C36H49N5O7. The highest BCUT2D eigenvalue weighted by molar-refractivity contribution is 5.95. The lowest BCUT2D eigenvalue weighted by Gasteiger charge is -2.28. The van der Waals surface area contributed by atoms with Crippen LogP contribution in [-0.2, 0) is 32.1 Å². The number of amides is 4. The first-order valence-corrected chi connectivity index (χ1v) is 16.4. The van der Waals surface area contributed by atoms with Gasteiger partial charge in [0.05, 0.1) is 18.2 Å². The first-order valence-electron chi connectivity index (χ1n) is 16.4. The number of carbonyl (C=O) groups excluding carboxylic acids is 4. The van der Waals surface area contributed by atoms with Crippen molar-refractivity contribution in [3.05, 3.63) is 76.1 Å². The van der Waals surface area contributed by atoms with Gasteiger partial charge in [-0.25, -0.2) is 4.79 Å². The number of fused-ring (bicyclic) bond motifs is 1. The number of phenolic OH excluding ortho intramolecular Hbond substituents is 1. The number of carbonyl (C=O) groups is 4. The second-order valence-electron chi connectivity index (χ2n) is 13.4. The summed E-state index contributed by atoms with van der Waals surface area (Å²) in [5, 5.41) is 21.5. The van der Waals surface area contributed by atoms with Crippen molar-refractivity contribution in [3.63, 3.8) is 0 Å². The molecule has 4 amide bonds. The lowest BCUT2D eigenvalue weighted by Crippen LogP contribution is -2.59. The van der Waals surface area contributed by atoms with Crippen molar-refractivity contribution < 1.29 is 28.7 Å². The molecule has 1 heterocycles. The lowest BCUT2D eigenvalue weighted by atomic mass is 9.98. The lowest BCUT2D eigenvalue weighted by molar-refractivity contribution is -0.135. The summed E-state index contributed by atoms with van der Waals surface area (Å²) in [5.74, 6) is -2.25. The van der Waals surface area contributed by atoms with Crippen LogP contribution >= 0.6 is 0 Å². The molecule has 3 aromatic rings. The van der Waals surface area contributed by atoms with Crippen molar-refractivity contribution in [1.82, 2.24) is 21.3 Å². The first-order chi connectivity index (χ1) is 22.6. The van der Waals surface area contributed by atoms with Crippen LogP contribution in [0, 0.1) is 17.8 Å². The van der Waals surface area contributed by atoms with Crippen molar-refractivity contribution in [2.24, 2.45) is 23.5 Å². The van der Waals surface area contributed by atoms with E-state index in [1.165, 1.54) is 12.1 Å². The Morgan fingerprint density at radius 3 is 2.02 bits per heavy atom. The van der Waals surface area contributed by atoms with E-state index >= 15 is 0 Å². The van der Waals surface area contributed by atoms with E-state index in [1.807, 2.05) is 27.7 Å². The largest absolute Gasteiger partial charge is 0.508 e. The summed E-state index contributed by atoms with van der Waals surface area (Å²) in [5.41, 5.74) is 6.78. The van der Waals surface area contributed by atoms with Gasteiger partial charge in [-0.05, 0) is 60.4 Å². The quantitative estimate of drug-likeness (QED) is 0.126. The molecule has 7 N–H and O–H groups in total. The molecule has 0 aliphatic carbocycles. The van der Waals surface area contributed by atoms with E-state index in [9.17, 15) is 29.1 Å². The number of nitrogens with one attached hydrogen (secondary N) is 4. The average Bonchev–Trinajstić information content (AvgIpc) is 3.01. The molecule has 260 valence electrons. The molecule has 48 heavy (non-hydrogen) atoms. The average molecular weight is 664 g/mol. The molecule has 2 aromatic carbocycles. The molecule has 3 rings (SSSR count). The minimum absolute atomic E-state index is 0.0441. The fourth-order valence-electron chi connectivity index (χ4n) is 5.26. The van der Waals surface area contributed by atoms with E-state index in [-0.39, 0.29) is 42.0 Å². The molecule has 0 radical (unpaired) electrons. The van der Waals surface area contributed by atoms with Crippen molar-refractivity contribution in [3.8, 4) is 5.75 Å². The molecule has 0 aliphatic heterocycles. The Bertz CT molecular complexity index is 1620. The highest BCUT2D eigenvalue weighted by Crippen LogP contribution is 2.15. The summed E-state index contributed by atoms with van der Waals surface area (Å²) in [4.78, 5) is 66.2. The number of phenols is 1. The van der Waals surface area contributed by atoms with Gasteiger partial charge in [0, 0.05) is 11.8 Å². The molecule has 4 atom stereocenters. The van der Waals surface area contributed by atoms with Crippen LogP contribution < -0.4 is 32.6 Å². The van der Waals surface area contributed by atoms with Crippen LogP contribution in [0.2, 0.25) is 0 Å². The maximum Gasteiger partial charge on any atom is 0.341 e. The van der Waals surface area contributed by atoms with Crippen molar-refractivity contribution in [1.29, 1.82) is 0 Å². The summed E-state index contributed by atoms with van der Waals surface area (Å²) in [6.07, 6.45) is 0.838. The Hall–Kier alpha value is -4.71. The number of nitrogens with two attached hydrogens (primary N) is 1. The van der Waals surface area contributed by atoms with Crippen molar-refractivity contribution in [2.45, 2.75) is 91.5 Å². The zero-order valence-electron chi connectivity index (χ0n) is 28.5. The van der Waals surface area contributed by atoms with E-state index in [4.69, 9.17) is 10.2 Å². The Labute approximate surface area is 281 Å². The highest BCUT2D eigenvalue weighted by Gasteiger charge is 2.32. The van der Waals surface area contributed by atoms with Gasteiger partial charge in [0.15, 0.2) is 0 Å². The van der Waals surface area contributed by atoms with Gasteiger partial charge < -0.3 is 36.5 Å². The number of hydrogen-bond donors (Lipinski definition) is 6. The topological polar surface area (TPSA) is 193 Å². The van der Waals surface area contributed by atoms with E-state index in [0.717, 1.165) is 0 Å². The predicted octanol–water partition coefficient (Wildman–Crippen LogP) is 2.89. The minimum Gasteiger partial charge on any atom is -0.508 e. The smallest absolute Gasteiger partial charge is 0.341 e. The van der Waals surface area contributed by atoms with Crippen LogP contribution in [0.25, 0.3) is 11.0 Å². The summed E-state index contributed by atoms with van der Waals surface area (Å²) < 4.78 is 5.37. The second kappa shape index (κ2) is 17.4. The SMILES string of the molecule is CC(C)C[C@H](NC(=O)[C@@H](N)CC(C)C)C(=O)N[C@H](C(=O)N[C@@H](Cc1ccc(O)cc1)C(=O)NCc1cc2ccccc2oc1=O)C(C)C. The molecule has 12 heteroatoms. The van der Waals surface area contributed by atoms with Crippen molar-refractivity contribution in [2.75, 3.05) is 0 Å². The standard InChI is InChI=1S/C36H49N5O7/c1-20(2)15-27(37)32(43)39-28(16-21(3)4)34(45)41-31(22(5)6)35(46)40-29(17-23-11-13-26(42)14-12-23)33(44)38-19-25-18-24-9-7-8-10-30(24)48-36(25)47/h7-14,18,20-22,27-29,31,42H,15-17,19,37H2,1-6H3,(H,38,44)(H,39,43)(H,40,46)(H,41,45)/t27-,28-,29-,31-/m0/s1. The Morgan fingerprint density at radius 2 is 1.40 bits per heavy atom. The van der Waals surface area contributed by atoms with Gasteiger partial charge in [-0.3, -0.25) is 19.2 Å². The van der Waals surface area contributed by atoms with Crippen LogP contribution in [0.15, 0.2) is 63.8 Å². The van der Waals surface area contributed by atoms with Crippen molar-refractivity contribution >= 4 is 34.6 Å². The zero-order chi connectivity index (χ0) is 35.5. The summed E-state index contributed by atoms with van der Waals surface area (Å²) in [7, 11) is 0. The maximum atomic E-state index is 13.7. The fourth-order valence-corrected chi connectivity index (χ4v) is 5.26. The molecule has 0 saturated carbocycles. The molecular weight excluding hydrogens is 614 g/mol. The van der Waals surface area contributed by atoms with Crippen LogP contribution in [0.4, 0.5) is 0 Å². The van der Waals surface area contributed by atoms with Gasteiger partial charge >= 0.3 is 5.63 Å². The summed E-state index contributed by atoms with van der Waals surface area (Å²) in [6.45, 7) is 11.1. The third kappa shape index (κ3) is 11.2. The number of rotatable bonds is 16. The van der Waals surface area contributed by atoms with Gasteiger partial charge in [-0.2, -0.15) is 0 Å². The van der Waals surface area contributed by atoms with Gasteiger partial charge in [0.25, 0.3) is 0 Å². The normalized spacial score (nSPS) is 14.0. The molecule has 0 fully saturated rings. The van der Waals surface area contributed by atoms with E-state index in [1.54, 1.807) is 56.3 Å². The minimum atomic E-state index is -1.10. The van der Waals surface area contributed by atoms with Gasteiger partial charge in [0.1, 0.15) is 29.5 Å². The summed E-state index contributed by atoms with van der Waals surface area (Å²) >= 11 is 0. The van der Waals surface area contributed by atoms with E-state index in [2.05, 4.69) is 21.3 Å². The van der Waals surface area contributed by atoms with Gasteiger partial charge in [-0.15, -0.1) is 0 Å². The molecule has 0 spiro atoms. The Morgan fingerprint density at radius 1 is 0.771 bits per heavy atom. The predicted molar refractivity (Wildman–Crippen MR) is 184 cm³/mol. The number of aromatic hydroxyl groups is 1. The van der Waals surface area contributed by atoms with E-state index < -0.39 is 53.4 Å². The third-order valence-corrected chi connectivity index (χ3v) is 7.82. The van der Waals surface area contributed by atoms with Crippen LogP contribution in [0.5, 0.6) is 5.75 Å². The highest BCUT2D eigenvalue weighted by atomic mass is 16.4. The molecule has 0 saturated heterocycles. The van der Waals surface area contributed by atoms with Gasteiger partial charge in [0.2, 0.25) is 23.6 Å². The number of para-hydroxylation sites is 1. The molecule has 0 bridgehead atoms. The molecule has 0 unspecified atom stereocenters. The monoisotopic (exact) mass is 663 g/mol. The van der Waals surface area contributed by atoms with Crippen LogP contribution in [-0.4, -0.2) is 52.9 Å². The van der Waals surface area contributed by atoms with Crippen LogP contribution in [0.3, 0.4) is 0 Å². The van der Waals surface area contributed by atoms with Crippen LogP contribution in [0.1, 0.15) is 65.5 Å². The second-order valence-corrected chi connectivity index (χ2v) is 13.4. The zero-order valence-corrected chi connectivity index (χ0v) is 28.5. The summed E-state index contributed by atoms with van der Waals surface area (Å²) in [6, 6.07) is 11.0. The Balaban J connectivity index is 1.79. The molecule has 12 nitrogen and oxygen atoms in total. The maximum absolute atomic E-state index is 13.7. The third-order valence-electron chi connectivity index (χ3n) is 7.82. The molecule has 0 aliphatic rings.